The molecule has 236 valence electrons. The summed E-state index contributed by atoms with van der Waals surface area (Å²) in [5.41, 5.74) is 0.984. The number of hydrogen-bond donors (Lipinski definition) is 2. The number of benzene rings is 2. The highest BCUT2D eigenvalue weighted by atomic mass is 16.7. The fourth-order valence-corrected chi connectivity index (χ4v) is 6.88. The van der Waals surface area contributed by atoms with Crippen LogP contribution in [0, 0.1) is 11.8 Å². The molecular formula is C36H56BN3O3. The highest BCUT2D eigenvalue weighted by molar-refractivity contribution is 6.45. The van der Waals surface area contributed by atoms with Crippen molar-refractivity contribution in [2.75, 3.05) is 13.1 Å². The van der Waals surface area contributed by atoms with E-state index in [0.717, 1.165) is 58.2 Å². The van der Waals surface area contributed by atoms with E-state index >= 15 is 0 Å². The molecule has 43 heavy (non-hydrogen) atoms. The normalized spacial score (nSPS) is 25.2. The van der Waals surface area contributed by atoms with Gasteiger partial charge in [-0.05, 0) is 104 Å². The van der Waals surface area contributed by atoms with Crippen molar-refractivity contribution in [3.05, 3.63) is 71.8 Å². The molecule has 7 heteroatoms. The van der Waals surface area contributed by atoms with Gasteiger partial charge in [-0.25, -0.2) is 0 Å². The van der Waals surface area contributed by atoms with Gasteiger partial charge in [-0.3, -0.25) is 9.69 Å². The fourth-order valence-electron chi connectivity index (χ4n) is 6.88. The first-order valence-corrected chi connectivity index (χ1v) is 16.5. The van der Waals surface area contributed by atoms with Crippen molar-refractivity contribution in [3.8, 4) is 0 Å². The number of nitrogens with one attached hydrogen (secondary N) is 2. The van der Waals surface area contributed by atoms with Crippen molar-refractivity contribution in [1.82, 2.24) is 15.5 Å². The molecule has 2 fully saturated rings. The highest BCUT2D eigenvalue weighted by Gasteiger charge is 2.53. The van der Waals surface area contributed by atoms with E-state index in [1.54, 1.807) is 0 Å². The molecule has 1 amide bonds. The lowest BCUT2D eigenvalue weighted by molar-refractivity contribution is -0.135. The van der Waals surface area contributed by atoms with Gasteiger partial charge in [0, 0.05) is 25.2 Å². The quantitative estimate of drug-likeness (QED) is 0.265. The van der Waals surface area contributed by atoms with Gasteiger partial charge in [0.25, 0.3) is 0 Å². The monoisotopic (exact) mass is 589 g/mol. The Morgan fingerprint density at radius 2 is 1.44 bits per heavy atom. The van der Waals surface area contributed by atoms with Gasteiger partial charge in [-0.1, -0.05) is 74.0 Å². The Morgan fingerprint density at radius 1 is 0.907 bits per heavy atom. The maximum Gasteiger partial charge on any atom is 0.457 e. The highest BCUT2D eigenvalue weighted by Crippen LogP contribution is 2.43. The van der Waals surface area contributed by atoms with Crippen LogP contribution in [0.2, 0.25) is 6.32 Å². The SMILES string of the molecule is CCNC1(C(=O)NC(C)(C)C)CC(CCB2OC(C)(C)C(C)(C)O2)CCC1CN(Cc1ccccc1)Cc1ccccc1. The molecule has 1 aliphatic heterocycles. The van der Waals surface area contributed by atoms with Crippen LogP contribution in [0.1, 0.15) is 92.2 Å². The van der Waals surface area contributed by atoms with E-state index in [4.69, 9.17) is 9.31 Å². The van der Waals surface area contributed by atoms with Gasteiger partial charge in [-0.2, -0.15) is 0 Å². The molecule has 4 rings (SSSR count). The summed E-state index contributed by atoms with van der Waals surface area (Å²) >= 11 is 0. The van der Waals surface area contributed by atoms with E-state index in [1.165, 1.54) is 11.1 Å². The van der Waals surface area contributed by atoms with Crippen LogP contribution < -0.4 is 10.6 Å². The smallest absolute Gasteiger partial charge is 0.403 e. The van der Waals surface area contributed by atoms with Gasteiger partial charge < -0.3 is 19.9 Å². The summed E-state index contributed by atoms with van der Waals surface area (Å²) in [4.78, 5) is 16.9. The van der Waals surface area contributed by atoms with Gasteiger partial charge in [0.05, 0.1) is 11.2 Å². The summed E-state index contributed by atoms with van der Waals surface area (Å²) in [6, 6.07) is 21.4. The average Bonchev–Trinajstić information content (AvgIpc) is 3.14. The Hall–Kier alpha value is -2.19. The van der Waals surface area contributed by atoms with Gasteiger partial charge >= 0.3 is 7.12 Å². The van der Waals surface area contributed by atoms with Crippen LogP contribution in [0.4, 0.5) is 0 Å². The molecule has 2 aromatic rings. The molecule has 1 heterocycles. The molecule has 0 radical (unpaired) electrons. The van der Waals surface area contributed by atoms with E-state index in [-0.39, 0.29) is 35.7 Å². The standard InChI is InChI=1S/C36H56BN3O3/c1-9-38-36(32(41)39-33(2,3)4)24-28(22-23-37-42-34(5,6)35(7,8)43-37)20-21-31(36)27-40(25-29-16-12-10-13-17-29)26-30-18-14-11-15-19-30/h10-19,28,31,38H,9,20-27H2,1-8H3,(H,39,41). The van der Waals surface area contributed by atoms with Crippen molar-refractivity contribution < 1.29 is 14.1 Å². The maximum absolute atomic E-state index is 14.4. The zero-order chi connectivity index (χ0) is 31.3. The molecule has 1 saturated carbocycles. The number of nitrogens with zero attached hydrogens (tertiary/aromatic N) is 1. The van der Waals surface area contributed by atoms with Gasteiger partial charge in [-0.15, -0.1) is 0 Å². The molecule has 1 saturated heterocycles. The summed E-state index contributed by atoms with van der Waals surface area (Å²) in [7, 11) is -0.202. The molecular weight excluding hydrogens is 533 g/mol. The lowest BCUT2D eigenvalue weighted by Crippen LogP contribution is -2.67. The topological polar surface area (TPSA) is 62.8 Å². The van der Waals surface area contributed by atoms with E-state index < -0.39 is 5.54 Å². The van der Waals surface area contributed by atoms with Gasteiger partial charge in [0.15, 0.2) is 0 Å². The van der Waals surface area contributed by atoms with E-state index in [2.05, 4.69) is 132 Å². The zero-order valence-corrected chi connectivity index (χ0v) is 28.0. The van der Waals surface area contributed by atoms with Crippen molar-refractivity contribution >= 4 is 13.0 Å². The molecule has 2 N–H and O–H groups in total. The molecule has 2 aromatic carbocycles. The molecule has 3 unspecified atom stereocenters. The summed E-state index contributed by atoms with van der Waals surface area (Å²) in [6.45, 7) is 20.1. The Morgan fingerprint density at radius 3 is 1.93 bits per heavy atom. The predicted molar refractivity (Wildman–Crippen MR) is 178 cm³/mol. The van der Waals surface area contributed by atoms with E-state index in [0.29, 0.717) is 5.92 Å². The third kappa shape index (κ3) is 8.72. The largest absolute Gasteiger partial charge is 0.457 e. The summed E-state index contributed by atoms with van der Waals surface area (Å²) in [6.07, 6.45) is 4.75. The first kappa shape index (κ1) is 33.7. The number of carbonyl (C=O) groups is 1. The van der Waals surface area contributed by atoms with Crippen LogP contribution in [0.25, 0.3) is 0 Å². The number of likely N-dealkylation sites (N-methyl/N-ethyl adjacent to an activating group) is 1. The van der Waals surface area contributed by atoms with Crippen LogP contribution in [-0.4, -0.2) is 53.3 Å². The second-order valence-electron chi connectivity index (χ2n) is 15.0. The van der Waals surface area contributed by atoms with Crippen LogP contribution in [0.5, 0.6) is 0 Å². The molecule has 6 nitrogen and oxygen atoms in total. The van der Waals surface area contributed by atoms with Crippen molar-refractivity contribution in [1.29, 1.82) is 0 Å². The fraction of sp³-hybridized carbons (Fsp3) is 0.639. The lowest BCUT2D eigenvalue weighted by Gasteiger charge is -2.49. The summed E-state index contributed by atoms with van der Waals surface area (Å²) in [5, 5.41) is 7.17. The molecule has 2 aliphatic rings. The second-order valence-corrected chi connectivity index (χ2v) is 15.0. The minimum atomic E-state index is -0.646. The second kappa shape index (κ2) is 13.8. The first-order chi connectivity index (χ1) is 20.2. The number of carbonyl (C=O) groups excluding carboxylic acids is 1. The Kier molecular flexibility index (Phi) is 10.9. The van der Waals surface area contributed by atoms with Crippen molar-refractivity contribution in [3.63, 3.8) is 0 Å². The predicted octanol–water partition coefficient (Wildman–Crippen LogP) is 6.85. The van der Waals surface area contributed by atoms with Crippen molar-refractivity contribution in [2.45, 2.75) is 123 Å². The minimum Gasteiger partial charge on any atom is -0.403 e. The maximum atomic E-state index is 14.4. The third-order valence-electron chi connectivity index (χ3n) is 9.71. The number of hydrogen-bond acceptors (Lipinski definition) is 5. The van der Waals surface area contributed by atoms with E-state index in [1.807, 2.05) is 0 Å². The van der Waals surface area contributed by atoms with Crippen LogP contribution in [-0.2, 0) is 27.2 Å². The molecule has 0 bridgehead atoms. The van der Waals surface area contributed by atoms with Crippen LogP contribution in [0.15, 0.2) is 60.7 Å². The Bertz CT molecular complexity index is 1110. The van der Waals surface area contributed by atoms with Crippen molar-refractivity contribution in [2.24, 2.45) is 11.8 Å². The van der Waals surface area contributed by atoms with Gasteiger partial charge in [0.2, 0.25) is 5.91 Å². The van der Waals surface area contributed by atoms with Crippen LogP contribution >= 0.6 is 0 Å². The number of rotatable bonds is 12. The zero-order valence-electron chi connectivity index (χ0n) is 28.0. The summed E-state index contributed by atoms with van der Waals surface area (Å²) < 4.78 is 12.7. The molecule has 0 spiro atoms. The lowest BCUT2D eigenvalue weighted by atomic mass is 9.64. The van der Waals surface area contributed by atoms with Crippen LogP contribution in [0.3, 0.4) is 0 Å². The Balaban J connectivity index is 1.57. The average molecular weight is 590 g/mol. The Labute approximate surface area is 261 Å². The summed E-state index contributed by atoms with van der Waals surface area (Å²) in [5.74, 6) is 0.721. The third-order valence-corrected chi connectivity index (χ3v) is 9.71. The molecule has 1 aliphatic carbocycles. The first-order valence-electron chi connectivity index (χ1n) is 16.5. The molecule has 3 atom stereocenters. The minimum absolute atomic E-state index is 0.131. The molecule has 0 aromatic heterocycles. The van der Waals surface area contributed by atoms with E-state index in [9.17, 15) is 4.79 Å². The van der Waals surface area contributed by atoms with Gasteiger partial charge in [0.1, 0.15) is 5.54 Å². The number of amides is 1.